The predicted molar refractivity (Wildman–Crippen MR) is 85.6 cm³/mol. The fourth-order valence-corrected chi connectivity index (χ4v) is 3.63. The summed E-state index contributed by atoms with van der Waals surface area (Å²) in [7, 11) is 2.37. The molecule has 1 saturated heterocycles. The molecular formula is C18H32INO. The van der Waals surface area contributed by atoms with Crippen molar-refractivity contribution in [1.29, 1.82) is 0 Å². The summed E-state index contributed by atoms with van der Waals surface area (Å²) < 4.78 is 6.63. The molecule has 2 nitrogen and oxygen atoms in total. The number of halogens is 1. The maximum atomic E-state index is 5.51. The molecule has 1 heterocycles. The van der Waals surface area contributed by atoms with Crippen LogP contribution >= 0.6 is 0 Å². The summed E-state index contributed by atoms with van der Waals surface area (Å²) in [5.74, 6) is 0.603. The van der Waals surface area contributed by atoms with Crippen molar-refractivity contribution >= 4 is 0 Å². The summed E-state index contributed by atoms with van der Waals surface area (Å²) >= 11 is 0. The number of rotatable bonds is 3. The van der Waals surface area contributed by atoms with Crippen LogP contribution in [-0.4, -0.2) is 43.9 Å². The zero-order valence-electron chi connectivity index (χ0n) is 14.4. The molecule has 122 valence electrons. The third-order valence-corrected chi connectivity index (χ3v) is 5.65. The van der Waals surface area contributed by atoms with Gasteiger partial charge in [-0.3, -0.25) is 0 Å². The van der Waals surface area contributed by atoms with Crippen molar-refractivity contribution in [2.24, 2.45) is 11.3 Å². The SMILES string of the molecule is CC1=CCCC(C)(C)C1/C=C/C(C)[N+]1(C)CCOCC1.[I-]. The largest absolute Gasteiger partial charge is 1.00 e. The monoisotopic (exact) mass is 405 g/mol. The Bertz CT molecular complexity index is 394. The third-order valence-electron chi connectivity index (χ3n) is 5.65. The van der Waals surface area contributed by atoms with Crippen LogP contribution in [0.5, 0.6) is 0 Å². The Hall–Kier alpha value is 0.130. The van der Waals surface area contributed by atoms with Crippen molar-refractivity contribution in [3.63, 3.8) is 0 Å². The molecule has 2 atom stereocenters. The van der Waals surface area contributed by atoms with Crippen LogP contribution in [0.3, 0.4) is 0 Å². The minimum atomic E-state index is 0. The molecule has 1 fully saturated rings. The minimum absolute atomic E-state index is 0. The van der Waals surface area contributed by atoms with Gasteiger partial charge >= 0.3 is 0 Å². The second-order valence-corrected chi connectivity index (χ2v) is 7.62. The summed E-state index contributed by atoms with van der Waals surface area (Å²) in [6, 6.07) is 0.574. The number of quaternary nitrogens is 1. The van der Waals surface area contributed by atoms with Gasteiger partial charge in [0, 0.05) is 5.92 Å². The van der Waals surface area contributed by atoms with E-state index < -0.39 is 0 Å². The highest BCUT2D eigenvalue weighted by Crippen LogP contribution is 2.41. The predicted octanol–water partition coefficient (Wildman–Crippen LogP) is 0.794. The van der Waals surface area contributed by atoms with Crippen LogP contribution in [-0.2, 0) is 4.74 Å². The molecule has 0 bridgehead atoms. The lowest BCUT2D eigenvalue weighted by Gasteiger charge is -2.42. The van der Waals surface area contributed by atoms with E-state index in [4.69, 9.17) is 4.74 Å². The number of morpholine rings is 1. The Morgan fingerprint density at radius 1 is 1.33 bits per heavy atom. The van der Waals surface area contributed by atoms with Crippen molar-refractivity contribution in [3.05, 3.63) is 23.8 Å². The fraction of sp³-hybridized carbons (Fsp3) is 0.778. The van der Waals surface area contributed by atoms with Crippen molar-refractivity contribution in [2.45, 2.75) is 46.6 Å². The number of allylic oxidation sites excluding steroid dienone is 3. The highest BCUT2D eigenvalue weighted by molar-refractivity contribution is 5.19. The normalized spacial score (nSPS) is 29.6. The van der Waals surface area contributed by atoms with Gasteiger partial charge < -0.3 is 33.2 Å². The molecule has 0 aromatic carbocycles. The summed E-state index contributed by atoms with van der Waals surface area (Å²) in [5.41, 5.74) is 1.95. The zero-order valence-corrected chi connectivity index (χ0v) is 16.5. The molecule has 0 radical (unpaired) electrons. The first-order chi connectivity index (χ1) is 9.35. The van der Waals surface area contributed by atoms with Gasteiger partial charge in [0.25, 0.3) is 0 Å². The van der Waals surface area contributed by atoms with E-state index in [0.29, 0.717) is 17.4 Å². The van der Waals surface area contributed by atoms with E-state index in [-0.39, 0.29) is 24.0 Å². The van der Waals surface area contributed by atoms with Crippen LogP contribution in [0.4, 0.5) is 0 Å². The maximum absolute atomic E-state index is 5.51. The highest BCUT2D eigenvalue weighted by atomic mass is 127. The molecule has 21 heavy (non-hydrogen) atoms. The zero-order chi connectivity index (χ0) is 14.8. The van der Waals surface area contributed by atoms with Gasteiger partial charge in [-0.25, -0.2) is 0 Å². The van der Waals surface area contributed by atoms with Gasteiger partial charge in [0.05, 0.1) is 20.3 Å². The third kappa shape index (κ3) is 4.55. The van der Waals surface area contributed by atoms with Crippen LogP contribution in [0, 0.1) is 11.3 Å². The van der Waals surface area contributed by atoms with Crippen LogP contribution < -0.4 is 24.0 Å². The van der Waals surface area contributed by atoms with Crippen LogP contribution in [0.1, 0.15) is 40.5 Å². The van der Waals surface area contributed by atoms with E-state index in [0.717, 1.165) is 30.8 Å². The molecule has 0 amide bonds. The molecule has 1 aliphatic carbocycles. The quantitative estimate of drug-likeness (QED) is 0.384. The summed E-state index contributed by atoms with van der Waals surface area (Å²) in [4.78, 5) is 0. The first-order valence-electron chi connectivity index (χ1n) is 8.12. The van der Waals surface area contributed by atoms with Gasteiger partial charge in [-0.15, -0.1) is 0 Å². The molecule has 2 aliphatic rings. The number of nitrogens with zero attached hydrogens (tertiary/aromatic N) is 1. The van der Waals surface area contributed by atoms with Crippen LogP contribution in [0.15, 0.2) is 23.8 Å². The van der Waals surface area contributed by atoms with Gasteiger partial charge in [-0.1, -0.05) is 31.6 Å². The Morgan fingerprint density at radius 2 is 1.95 bits per heavy atom. The van der Waals surface area contributed by atoms with E-state index in [1.165, 1.54) is 12.8 Å². The maximum Gasteiger partial charge on any atom is 0.105 e. The Labute approximate surface area is 148 Å². The first kappa shape index (κ1) is 19.2. The summed E-state index contributed by atoms with van der Waals surface area (Å²) in [6.07, 6.45) is 9.91. The molecule has 2 unspecified atom stereocenters. The van der Waals surface area contributed by atoms with E-state index in [1.807, 2.05) is 0 Å². The van der Waals surface area contributed by atoms with Crippen molar-refractivity contribution < 1.29 is 33.2 Å². The van der Waals surface area contributed by atoms with Crippen molar-refractivity contribution in [1.82, 2.24) is 0 Å². The first-order valence-corrected chi connectivity index (χ1v) is 8.12. The van der Waals surface area contributed by atoms with E-state index in [9.17, 15) is 0 Å². The van der Waals surface area contributed by atoms with E-state index in [1.54, 1.807) is 5.57 Å². The molecule has 0 saturated carbocycles. The highest BCUT2D eigenvalue weighted by Gasteiger charge is 2.33. The average Bonchev–Trinajstić information content (AvgIpc) is 2.38. The smallest absolute Gasteiger partial charge is 0.105 e. The van der Waals surface area contributed by atoms with Gasteiger partial charge in [0.2, 0.25) is 0 Å². The Morgan fingerprint density at radius 3 is 2.52 bits per heavy atom. The van der Waals surface area contributed by atoms with Gasteiger partial charge in [-0.2, -0.15) is 0 Å². The van der Waals surface area contributed by atoms with E-state index in [2.05, 4.69) is 53.0 Å². The Kier molecular flexibility index (Phi) is 6.94. The minimum Gasteiger partial charge on any atom is -1.00 e. The van der Waals surface area contributed by atoms with Crippen LogP contribution in [0.25, 0.3) is 0 Å². The number of hydrogen-bond donors (Lipinski definition) is 0. The number of hydrogen-bond acceptors (Lipinski definition) is 1. The summed E-state index contributed by atoms with van der Waals surface area (Å²) in [5, 5.41) is 0. The van der Waals surface area contributed by atoms with Crippen LogP contribution in [0.2, 0.25) is 0 Å². The van der Waals surface area contributed by atoms with Gasteiger partial charge in [0.1, 0.15) is 19.1 Å². The molecule has 0 aromatic heterocycles. The fourth-order valence-electron chi connectivity index (χ4n) is 3.63. The second kappa shape index (κ2) is 7.60. The van der Waals surface area contributed by atoms with Crippen molar-refractivity contribution in [3.8, 4) is 0 Å². The Balaban J connectivity index is 0.00000220. The molecule has 1 aliphatic heterocycles. The van der Waals surface area contributed by atoms with E-state index >= 15 is 0 Å². The lowest BCUT2D eigenvalue weighted by molar-refractivity contribution is -0.932. The van der Waals surface area contributed by atoms with Crippen molar-refractivity contribution in [2.75, 3.05) is 33.4 Å². The lowest BCUT2D eigenvalue weighted by atomic mass is 9.68. The number of likely N-dealkylation sites (N-methyl/N-ethyl adjacent to an activating group) is 1. The second-order valence-electron chi connectivity index (χ2n) is 7.62. The topological polar surface area (TPSA) is 9.23 Å². The molecule has 0 aromatic rings. The molecular weight excluding hydrogens is 373 g/mol. The molecule has 0 spiro atoms. The molecule has 0 N–H and O–H groups in total. The van der Waals surface area contributed by atoms with Gasteiger partial charge in [0.15, 0.2) is 0 Å². The summed E-state index contributed by atoms with van der Waals surface area (Å²) in [6.45, 7) is 13.6. The standard InChI is InChI=1S/C18H32NO.HI/c1-15-7-6-10-18(3,4)17(15)9-8-16(2)19(5)11-13-20-14-12-19;/h7-9,16-17H,6,10-14H2,1-5H3;1H/q+1;/p-1/b9-8+;. The molecule has 3 heteroatoms. The van der Waals surface area contributed by atoms with Gasteiger partial charge in [-0.05, 0) is 38.2 Å². The lowest BCUT2D eigenvalue weighted by Crippen LogP contribution is -3.00. The molecule has 2 rings (SSSR count). The number of ether oxygens (including phenoxy) is 1. The average molecular weight is 405 g/mol.